The molecule has 0 bridgehead atoms. The zero-order chi connectivity index (χ0) is 7.84. The lowest BCUT2D eigenvalue weighted by Crippen LogP contribution is -2.14. The summed E-state index contributed by atoms with van der Waals surface area (Å²) in [5.74, 6) is 0. The molecule has 1 N–H and O–H groups in total. The van der Waals surface area contributed by atoms with E-state index in [1.165, 1.54) is 11.1 Å². The molecule has 2 rings (SSSR count). The van der Waals surface area contributed by atoms with E-state index in [9.17, 15) is 5.11 Å². The lowest BCUT2D eigenvalue weighted by molar-refractivity contribution is 0.214. The van der Waals surface area contributed by atoms with E-state index in [-0.39, 0.29) is 6.10 Å². The number of hydrogen-bond acceptors (Lipinski definition) is 1. The Morgan fingerprint density at radius 1 is 1.36 bits per heavy atom. The highest BCUT2D eigenvalue weighted by Gasteiger charge is 2.21. The largest absolute Gasteiger partial charge is 0.388 e. The van der Waals surface area contributed by atoms with Crippen LogP contribution in [0.15, 0.2) is 34.9 Å². The Morgan fingerprint density at radius 3 is 2.91 bits per heavy atom. The lowest BCUT2D eigenvalue weighted by Gasteiger charge is -2.20. The second-order valence-corrected chi connectivity index (χ2v) is 3.15. The van der Waals surface area contributed by atoms with Crippen LogP contribution in [0.5, 0.6) is 0 Å². The van der Waals surface area contributed by atoms with Crippen LogP contribution in [-0.4, -0.2) is 11.2 Å². The van der Waals surface area contributed by atoms with Crippen molar-refractivity contribution in [2.24, 2.45) is 0 Å². The van der Waals surface area contributed by atoms with E-state index in [1.807, 2.05) is 0 Å². The summed E-state index contributed by atoms with van der Waals surface area (Å²) >= 11 is 0. The highest BCUT2D eigenvalue weighted by molar-refractivity contribution is 5.53. The molecule has 1 atom stereocenters. The third kappa shape index (κ3) is 0.962. The summed E-state index contributed by atoms with van der Waals surface area (Å²) < 4.78 is 0. The van der Waals surface area contributed by atoms with E-state index in [0.717, 1.165) is 18.4 Å². The number of rotatable bonds is 0. The molecule has 11 heavy (non-hydrogen) atoms. The average Bonchev–Trinajstić information content (AvgIpc) is 2.45. The molecule has 0 aromatic heterocycles. The molecule has 0 aliphatic heterocycles. The maximum Gasteiger partial charge on any atom is 0.0827 e. The van der Waals surface area contributed by atoms with Crippen LogP contribution in [-0.2, 0) is 0 Å². The van der Waals surface area contributed by atoms with Crippen molar-refractivity contribution in [2.45, 2.75) is 25.9 Å². The highest BCUT2D eigenvalue weighted by Crippen LogP contribution is 2.33. The van der Waals surface area contributed by atoms with Crippen molar-refractivity contribution in [3.8, 4) is 0 Å². The third-order valence-electron chi connectivity index (χ3n) is 2.40. The van der Waals surface area contributed by atoms with Gasteiger partial charge in [0.15, 0.2) is 0 Å². The first-order valence-electron chi connectivity index (χ1n) is 4.05. The van der Waals surface area contributed by atoms with E-state index >= 15 is 0 Å². The molecule has 0 spiro atoms. The maximum absolute atomic E-state index is 9.54. The molecule has 0 saturated carbocycles. The summed E-state index contributed by atoms with van der Waals surface area (Å²) in [5.41, 5.74) is 3.73. The molecule has 0 saturated heterocycles. The van der Waals surface area contributed by atoms with E-state index in [2.05, 4.69) is 25.2 Å². The molecular formula is C10H12O. The summed E-state index contributed by atoms with van der Waals surface area (Å²) in [6.45, 7) is 2.11. The smallest absolute Gasteiger partial charge is 0.0827 e. The average molecular weight is 148 g/mol. The minimum Gasteiger partial charge on any atom is -0.388 e. The lowest BCUT2D eigenvalue weighted by atomic mass is 9.90. The molecule has 2 aliphatic rings. The second kappa shape index (κ2) is 2.35. The van der Waals surface area contributed by atoms with Gasteiger partial charge in [0.25, 0.3) is 0 Å². The minimum atomic E-state index is -0.243. The van der Waals surface area contributed by atoms with Gasteiger partial charge in [0.1, 0.15) is 0 Å². The zero-order valence-corrected chi connectivity index (χ0v) is 6.67. The summed E-state index contributed by atoms with van der Waals surface area (Å²) in [6.07, 6.45) is 7.95. The van der Waals surface area contributed by atoms with Gasteiger partial charge in [-0.1, -0.05) is 18.2 Å². The Kier molecular flexibility index (Phi) is 1.46. The molecule has 0 amide bonds. The van der Waals surface area contributed by atoms with E-state index in [4.69, 9.17) is 0 Å². The number of fused-ring (bicyclic) bond motifs is 1. The van der Waals surface area contributed by atoms with Crippen molar-refractivity contribution in [3.63, 3.8) is 0 Å². The van der Waals surface area contributed by atoms with Crippen molar-refractivity contribution in [1.82, 2.24) is 0 Å². The Bertz CT molecular complexity index is 269. The molecule has 1 heteroatoms. The zero-order valence-electron chi connectivity index (χ0n) is 6.67. The van der Waals surface area contributed by atoms with Crippen LogP contribution in [0.25, 0.3) is 0 Å². The minimum absolute atomic E-state index is 0.243. The first kappa shape index (κ1) is 6.86. The quantitative estimate of drug-likeness (QED) is 0.556. The Labute approximate surface area is 66.7 Å². The number of hydrogen-bond donors (Lipinski definition) is 1. The molecule has 58 valence electrons. The first-order chi connectivity index (χ1) is 5.29. The first-order valence-corrected chi connectivity index (χ1v) is 4.05. The van der Waals surface area contributed by atoms with Gasteiger partial charge in [-0.3, -0.25) is 0 Å². The van der Waals surface area contributed by atoms with Crippen LogP contribution in [0, 0.1) is 0 Å². The van der Waals surface area contributed by atoms with E-state index in [1.54, 1.807) is 0 Å². The number of aliphatic hydroxyl groups is 1. The van der Waals surface area contributed by atoms with Crippen molar-refractivity contribution in [2.75, 3.05) is 0 Å². The second-order valence-electron chi connectivity index (χ2n) is 3.15. The Morgan fingerprint density at radius 2 is 2.18 bits per heavy atom. The molecule has 0 aromatic rings. The Hall–Kier alpha value is -0.820. The fourth-order valence-corrected chi connectivity index (χ4v) is 1.76. The molecular weight excluding hydrogens is 136 g/mol. The third-order valence-corrected chi connectivity index (χ3v) is 2.40. The van der Waals surface area contributed by atoms with E-state index in [0.29, 0.717) is 0 Å². The molecule has 1 unspecified atom stereocenters. The van der Waals surface area contributed by atoms with Crippen LogP contribution < -0.4 is 0 Å². The standard InChI is InChI=1S/C10H12O/c1-7-5-6-10(11)9-4-2-3-8(7)9/h3-5,10-11H,2,6H2,1H3. The van der Waals surface area contributed by atoms with Gasteiger partial charge in [-0.15, -0.1) is 0 Å². The van der Waals surface area contributed by atoms with Crippen molar-refractivity contribution in [1.29, 1.82) is 0 Å². The van der Waals surface area contributed by atoms with Gasteiger partial charge in [0.2, 0.25) is 0 Å². The summed E-state index contributed by atoms with van der Waals surface area (Å²) in [7, 11) is 0. The molecule has 2 aliphatic carbocycles. The fourth-order valence-electron chi connectivity index (χ4n) is 1.76. The van der Waals surface area contributed by atoms with Gasteiger partial charge in [-0.05, 0) is 36.5 Å². The van der Waals surface area contributed by atoms with Gasteiger partial charge in [-0.2, -0.15) is 0 Å². The van der Waals surface area contributed by atoms with Crippen molar-refractivity contribution < 1.29 is 5.11 Å². The summed E-state index contributed by atoms with van der Waals surface area (Å²) in [4.78, 5) is 0. The van der Waals surface area contributed by atoms with Gasteiger partial charge in [-0.25, -0.2) is 0 Å². The molecule has 1 nitrogen and oxygen atoms in total. The van der Waals surface area contributed by atoms with Crippen molar-refractivity contribution >= 4 is 0 Å². The van der Waals surface area contributed by atoms with Gasteiger partial charge < -0.3 is 5.11 Å². The van der Waals surface area contributed by atoms with Crippen LogP contribution >= 0.6 is 0 Å². The molecule has 0 aromatic carbocycles. The molecule has 0 fully saturated rings. The van der Waals surface area contributed by atoms with Gasteiger partial charge in [0, 0.05) is 0 Å². The summed E-state index contributed by atoms with van der Waals surface area (Å²) in [6, 6.07) is 0. The van der Waals surface area contributed by atoms with E-state index < -0.39 is 0 Å². The van der Waals surface area contributed by atoms with Crippen LogP contribution in [0.1, 0.15) is 19.8 Å². The topological polar surface area (TPSA) is 20.2 Å². The maximum atomic E-state index is 9.54. The molecule has 0 radical (unpaired) electrons. The predicted molar refractivity (Wildman–Crippen MR) is 45.2 cm³/mol. The highest BCUT2D eigenvalue weighted by atomic mass is 16.3. The number of aliphatic hydroxyl groups excluding tert-OH is 1. The van der Waals surface area contributed by atoms with Crippen LogP contribution in [0.2, 0.25) is 0 Å². The van der Waals surface area contributed by atoms with Gasteiger partial charge in [0.05, 0.1) is 6.10 Å². The molecule has 0 heterocycles. The SMILES string of the molecule is CC1=CCC(O)C2=CCC=C12. The predicted octanol–water partition coefficient (Wildman–Crippen LogP) is 1.95. The van der Waals surface area contributed by atoms with Crippen molar-refractivity contribution in [3.05, 3.63) is 34.9 Å². The van der Waals surface area contributed by atoms with Crippen LogP contribution in [0.3, 0.4) is 0 Å². The van der Waals surface area contributed by atoms with Gasteiger partial charge >= 0.3 is 0 Å². The fraction of sp³-hybridized carbons (Fsp3) is 0.400. The monoisotopic (exact) mass is 148 g/mol. The normalized spacial score (nSPS) is 28.9. The van der Waals surface area contributed by atoms with Crippen LogP contribution in [0.4, 0.5) is 0 Å². The summed E-state index contributed by atoms with van der Waals surface area (Å²) in [5, 5.41) is 9.54. The number of allylic oxidation sites excluding steroid dienone is 3. The Balaban J connectivity index is 2.43.